The first-order valence-corrected chi connectivity index (χ1v) is 5.93. The summed E-state index contributed by atoms with van der Waals surface area (Å²) < 4.78 is 0. The molecule has 0 spiro atoms. The van der Waals surface area contributed by atoms with Crippen LogP contribution in [0.15, 0.2) is 10.9 Å². The summed E-state index contributed by atoms with van der Waals surface area (Å²) in [6.07, 6.45) is 1.08. The Kier molecular flexibility index (Phi) is 5.07. The molecule has 0 bridgehead atoms. The molecule has 1 aromatic rings. The van der Waals surface area contributed by atoms with Crippen molar-refractivity contribution < 1.29 is 5.11 Å². The van der Waals surface area contributed by atoms with Crippen LogP contribution < -0.4 is 5.32 Å². The molecule has 4 heteroatoms. The number of thiazole rings is 1. The monoisotopic (exact) mass is 214 g/mol. The average Bonchev–Trinajstić information content (AvgIpc) is 2.71. The van der Waals surface area contributed by atoms with Crippen LogP contribution in [0.5, 0.6) is 0 Å². The second-order valence-electron chi connectivity index (χ2n) is 3.54. The number of hydrogen-bond donors (Lipinski definition) is 2. The summed E-state index contributed by atoms with van der Waals surface area (Å²) in [6, 6.07) is 0.182. The van der Waals surface area contributed by atoms with Crippen molar-refractivity contribution in [2.45, 2.75) is 32.9 Å². The molecule has 2 unspecified atom stereocenters. The van der Waals surface area contributed by atoms with E-state index < -0.39 is 0 Å². The number of nitrogens with zero attached hydrogens (tertiary/aromatic N) is 1. The van der Waals surface area contributed by atoms with Gasteiger partial charge in [0.05, 0.1) is 17.8 Å². The topological polar surface area (TPSA) is 45.1 Å². The first kappa shape index (κ1) is 11.6. The Hall–Kier alpha value is -0.450. The molecule has 0 aliphatic heterocycles. The van der Waals surface area contributed by atoms with Gasteiger partial charge in [0, 0.05) is 18.0 Å². The lowest BCUT2D eigenvalue weighted by atomic mass is 10.00. The molecular weight excluding hydrogens is 196 g/mol. The zero-order valence-electron chi connectivity index (χ0n) is 8.73. The van der Waals surface area contributed by atoms with Crippen LogP contribution in [0.1, 0.15) is 26.0 Å². The number of aliphatic hydroxyl groups is 1. The van der Waals surface area contributed by atoms with Crippen molar-refractivity contribution in [3.8, 4) is 0 Å². The van der Waals surface area contributed by atoms with Crippen molar-refractivity contribution in [2.75, 3.05) is 6.61 Å². The number of hydrogen-bond acceptors (Lipinski definition) is 4. The molecule has 1 rings (SSSR count). The molecule has 0 radical (unpaired) electrons. The van der Waals surface area contributed by atoms with Gasteiger partial charge < -0.3 is 10.4 Å². The third kappa shape index (κ3) is 3.36. The van der Waals surface area contributed by atoms with Crippen LogP contribution >= 0.6 is 11.3 Å². The molecule has 0 fully saturated rings. The molecule has 1 aromatic heterocycles. The minimum Gasteiger partial charge on any atom is -0.395 e. The van der Waals surface area contributed by atoms with Crippen molar-refractivity contribution >= 4 is 11.3 Å². The highest BCUT2D eigenvalue weighted by molar-refractivity contribution is 7.07. The summed E-state index contributed by atoms with van der Waals surface area (Å²) in [4.78, 5) is 4.18. The largest absolute Gasteiger partial charge is 0.395 e. The fourth-order valence-corrected chi connectivity index (χ4v) is 1.85. The lowest BCUT2D eigenvalue weighted by Gasteiger charge is -2.21. The first-order chi connectivity index (χ1) is 6.77. The normalized spacial score (nSPS) is 15.4. The predicted molar refractivity (Wildman–Crippen MR) is 59.3 cm³/mol. The van der Waals surface area contributed by atoms with Gasteiger partial charge in [-0.1, -0.05) is 20.3 Å². The molecule has 80 valence electrons. The number of rotatable bonds is 6. The van der Waals surface area contributed by atoms with Crippen LogP contribution in [0.4, 0.5) is 0 Å². The van der Waals surface area contributed by atoms with E-state index in [9.17, 15) is 5.11 Å². The van der Waals surface area contributed by atoms with Gasteiger partial charge in [0.2, 0.25) is 0 Å². The van der Waals surface area contributed by atoms with E-state index >= 15 is 0 Å². The second kappa shape index (κ2) is 6.11. The number of aromatic nitrogens is 1. The van der Waals surface area contributed by atoms with Crippen molar-refractivity contribution in [3.05, 3.63) is 16.6 Å². The minimum absolute atomic E-state index is 0.182. The number of aliphatic hydroxyl groups excluding tert-OH is 1. The highest BCUT2D eigenvalue weighted by atomic mass is 32.1. The Morgan fingerprint density at radius 3 is 2.93 bits per heavy atom. The number of nitrogens with one attached hydrogen (secondary N) is 1. The van der Waals surface area contributed by atoms with Gasteiger partial charge in [-0.3, -0.25) is 0 Å². The Morgan fingerprint density at radius 2 is 2.43 bits per heavy atom. The fourth-order valence-electron chi connectivity index (χ4n) is 1.29. The van der Waals surface area contributed by atoms with Gasteiger partial charge in [0.25, 0.3) is 0 Å². The van der Waals surface area contributed by atoms with Crippen LogP contribution in [0.2, 0.25) is 0 Å². The molecule has 0 saturated heterocycles. The maximum absolute atomic E-state index is 9.18. The standard InChI is InChI=1S/C10H18N2OS/c1-3-8(2)10(5-13)11-4-9-6-14-7-12-9/h6-8,10-11,13H,3-5H2,1-2H3. The third-order valence-corrected chi connectivity index (χ3v) is 3.19. The van der Waals surface area contributed by atoms with Gasteiger partial charge in [-0.25, -0.2) is 4.98 Å². The Bertz CT molecular complexity index is 238. The van der Waals surface area contributed by atoms with E-state index in [2.05, 4.69) is 24.1 Å². The molecule has 2 atom stereocenters. The summed E-state index contributed by atoms with van der Waals surface area (Å²) in [7, 11) is 0. The van der Waals surface area contributed by atoms with E-state index in [0.717, 1.165) is 18.7 Å². The summed E-state index contributed by atoms with van der Waals surface area (Å²) in [5, 5.41) is 14.5. The van der Waals surface area contributed by atoms with Gasteiger partial charge in [-0.2, -0.15) is 0 Å². The zero-order chi connectivity index (χ0) is 10.4. The van der Waals surface area contributed by atoms with Crippen LogP contribution in [0.3, 0.4) is 0 Å². The molecule has 3 nitrogen and oxygen atoms in total. The molecule has 1 heterocycles. The van der Waals surface area contributed by atoms with Gasteiger partial charge in [-0.05, 0) is 5.92 Å². The maximum Gasteiger partial charge on any atom is 0.0795 e. The molecule has 14 heavy (non-hydrogen) atoms. The van der Waals surface area contributed by atoms with E-state index in [4.69, 9.17) is 0 Å². The lowest BCUT2D eigenvalue weighted by molar-refractivity contribution is 0.201. The van der Waals surface area contributed by atoms with E-state index in [1.54, 1.807) is 11.3 Å². The lowest BCUT2D eigenvalue weighted by Crippen LogP contribution is -2.37. The predicted octanol–water partition coefficient (Wildman–Crippen LogP) is 1.64. The van der Waals surface area contributed by atoms with Crippen molar-refractivity contribution in [1.82, 2.24) is 10.3 Å². The molecule has 2 N–H and O–H groups in total. The van der Waals surface area contributed by atoms with Crippen LogP contribution in [0, 0.1) is 5.92 Å². The SMILES string of the molecule is CCC(C)C(CO)NCc1cscn1. The summed E-state index contributed by atoms with van der Waals surface area (Å²) >= 11 is 1.60. The van der Waals surface area contributed by atoms with Gasteiger partial charge in [-0.15, -0.1) is 11.3 Å². The molecule has 0 aromatic carbocycles. The van der Waals surface area contributed by atoms with Crippen molar-refractivity contribution in [1.29, 1.82) is 0 Å². The van der Waals surface area contributed by atoms with E-state index in [1.165, 1.54) is 0 Å². The molecule has 0 aliphatic rings. The van der Waals surface area contributed by atoms with Gasteiger partial charge in [0.1, 0.15) is 0 Å². The van der Waals surface area contributed by atoms with E-state index in [0.29, 0.717) is 5.92 Å². The van der Waals surface area contributed by atoms with Gasteiger partial charge in [0.15, 0.2) is 0 Å². The van der Waals surface area contributed by atoms with Crippen molar-refractivity contribution in [3.63, 3.8) is 0 Å². The smallest absolute Gasteiger partial charge is 0.0795 e. The molecular formula is C10H18N2OS. The molecule has 0 amide bonds. The average molecular weight is 214 g/mol. The van der Waals surface area contributed by atoms with E-state index in [-0.39, 0.29) is 12.6 Å². The van der Waals surface area contributed by atoms with E-state index in [1.807, 2.05) is 10.9 Å². The zero-order valence-corrected chi connectivity index (χ0v) is 9.55. The van der Waals surface area contributed by atoms with Crippen molar-refractivity contribution in [2.24, 2.45) is 5.92 Å². The minimum atomic E-state index is 0.182. The third-order valence-electron chi connectivity index (χ3n) is 2.56. The fraction of sp³-hybridized carbons (Fsp3) is 0.700. The first-order valence-electron chi connectivity index (χ1n) is 4.99. The highest BCUT2D eigenvalue weighted by Crippen LogP contribution is 2.08. The summed E-state index contributed by atoms with van der Waals surface area (Å²) in [5.74, 6) is 0.499. The second-order valence-corrected chi connectivity index (χ2v) is 4.25. The Morgan fingerprint density at radius 1 is 1.64 bits per heavy atom. The van der Waals surface area contributed by atoms with Crippen LogP contribution in [0.25, 0.3) is 0 Å². The van der Waals surface area contributed by atoms with Crippen LogP contribution in [-0.4, -0.2) is 22.7 Å². The molecule has 0 aliphatic carbocycles. The molecule has 0 saturated carbocycles. The highest BCUT2D eigenvalue weighted by Gasteiger charge is 2.13. The summed E-state index contributed by atoms with van der Waals surface area (Å²) in [5.41, 5.74) is 2.88. The Balaban J connectivity index is 2.34. The summed E-state index contributed by atoms with van der Waals surface area (Å²) in [6.45, 7) is 5.23. The maximum atomic E-state index is 9.18. The quantitative estimate of drug-likeness (QED) is 0.756. The Labute approximate surface area is 89.2 Å². The van der Waals surface area contributed by atoms with Gasteiger partial charge >= 0.3 is 0 Å². The van der Waals surface area contributed by atoms with Crippen LogP contribution in [-0.2, 0) is 6.54 Å².